The topological polar surface area (TPSA) is 52.8 Å². The Morgan fingerprint density at radius 3 is 2.74 bits per heavy atom. The van der Waals surface area contributed by atoms with Gasteiger partial charge in [-0.15, -0.1) is 0 Å². The highest BCUT2D eigenvalue weighted by molar-refractivity contribution is 6.34. The summed E-state index contributed by atoms with van der Waals surface area (Å²) in [5, 5.41) is 1.00. The van der Waals surface area contributed by atoms with Crippen molar-refractivity contribution < 1.29 is 4.74 Å². The molecule has 1 saturated heterocycles. The van der Waals surface area contributed by atoms with Gasteiger partial charge in [0.1, 0.15) is 17.2 Å². The predicted octanol–water partition coefficient (Wildman–Crippen LogP) is 4.07. The summed E-state index contributed by atoms with van der Waals surface area (Å²) in [5.74, 6) is 1.37. The number of benzene rings is 1. The number of halogens is 2. The molecule has 0 saturated carbocycles. The Kier molecular flexibility index (Phi) is 3.71. The highest BCUT2D eigenvalue weighted by Gasteiger charge is 2.27. The van der Waals surface area contributed by atoms with E-state index in [0.29, 0.717) is 28.1 Å². The molecule has 1 aliphatic rings. The lowest BCUT2D eigenvalue weighted by Crippen LogP contribution is -2.11. The summed E-state index contributed by atoms with van der Waals surface area (Å²) in [6, 6.07) is 7.80. The number of imidazole rings is 1. The van der Waals surface area contributed by atoms with Gasteiger partial charge in [0.15, 0.2) is 10.8 Å². The summed E-state index contributed by atoms with van der Waals surface area (Å²) in [4.78, 5) is 13.5. The zero-order chi connectivity index (χ0) is 16.0. The lowest BCUT2D eigenvalue weighted by molar-refractivity contribution is 0.187. The molecule has 1 atom stereocenters. The standard InChI is InChI=1S/C16H14Cl2N4O/c1-9-19-14(18)13-16(20-9)22(10-6-7-23-8-10)15(21-13)11-4-2-3-5-12(11)17/h2-5,10H,6-8H2,1H3. The molecule has 1 aliphatic heterocycles. The fourth-order valence-corrected chi connectivity index (χ4v) is 3.42. The smallest absolute Gasteiger partial charge is 0.165 e. The van der Waals surface area contributed by atoms with Gasteiger partial charge in [0.25, 0.3) is 0 Å². The zero-order valence-corrected chi connectivity index (χ0v) is 14.0. The first kappa shape index (κ1) is 14.9. The number of rotatable bonds is 2. The van der Waals surface area contributed by atoms with Crippen molar-refractivity contribution in [2.45, 2.75) is 19.4 Å². The summed E-state index contributed by atoms with van der Waals surface area (Å²) in [6.45, 7) is 3.18. The highest BCUT2D eigenvalue weighted by Crippen LogP contribution is 2.35. The lowest BCUT2D eigenvalue weighted by Gasteiger charge is -2.15. The van der Waals surface area contributed by atoms with E-state index in [1.807, 2.05) is 31.2 Å². The van der Waals surface area contributed by atoms with E-state index in [9.17, 15) is 0 Å². The lowest BCUT2D eigenvalue weighted by atomic mass is 10.2. The van der Waals surface area contributed by atoms with Crippen LogP contribution >= 0.6 is 23.2 Å². The minimum absolute atomic E-state index is 0.164. The Bertz CT molecular complexity index is 887. The number of hydrogen-bond acceptors (Lipinski definition) is 4. The normalized spacial score (nSPS) is 18.0. The molecule has 0 radical (unpaired) electrons. The third-order valence-corrected chi connectivity index (χ3v) is 4.59. The SMILES string of the molecule is Cc1nc(Cl)c2nc(-c3ccccc3Cl)n(C3CCOC3)c2n1. The first-order valence-electron chi connectivity index (χ1n) is 7.40. The molecule has 0 aliphatic carbocycles. The number of nitrogens with zero attached hydrogens (tertiary/aromatic N) is 4. The van der Waals surface area contributed by atoms with Crippen LogP contribution in [0.4, 0.5) is 0 Å². The number of hydrogen-bond donors (Lipinski definition) is 0. The maximum Gasteiger partial charge on any atom is 0.165 e. The second kappa shape index (κ2) is 5.74. The molecule has 0 bridgehead atoms. The van der Waals surface area contributed by atoms with Crippen LogP contribution in [-0.4, -0.2) is 32.7 Å². The molecule has 4 rings (SSSR count). The first-order chi connectivity index (χ1) is 11.1. The average molecular weight is 349 g/mol. The van der Waals surface area contributed by atoms with Crippen LogP contribution in [0.2, 0.25) is 10.2 Å². The minimum Gasteiger partial charge on any atom is -0.379 e. The second-order valence-corrected chi connectivity index (χ2v) is 6.30. The van der Waals surface area contributed by atoms with Crippen molar-refractivity contribution in [1.82, 2.24) is 19.5 Å². The summed E-state index contributed by atoms with van der Waals surface area (Å²) < 4.78 is 7.64. The molecule has 118 valence electrons. The van der Waals surface area contributed by atoms with Gasteiger partial charge < -0.3 is 9.30 Å². The van der Waals surface area contributed by atoms with E-state index in [4.69, 9.17) is 32.9 Å². The summed E-state index contributed by atoms with van der Waals surface area (Å²) in [7, 11) is 0. The zero-order valence-electron chi connectivity index (χ0n) is 12.5. The molecule has 1 unspecified atom stereocenters. The van der Waals surface area contributed by atoms with Gasteiger partial charge in [0.05, 0.1) is 17.7 Å². The molecule has 2 aromatic heterocycles. The Labute approximate surface area is 143 Å². The third kappa shape index (κ3) is 2.49. The Morgan fingerprint density at radius 1 is 1.17 bits per heavy atom. The number of aryl methyl sites for hydroxylation is 1. The number of ether oxygens (including phenoxy) is 1. The van der Waals surface area contributed by atoms with Gasteiger partial charge >= 0.3 is 0 Å². The fraction of sp³-hybridized carbons (Fsp3) is 0.312. The van der Waals surface area contributed by atoms with Crippen LogP contribution in [0.25, 0.3) is 22.6 Å². The first-order valence-corrected chi connectivity index (χ1v) is 8.15. The molecule has 23 heavy (non-hydrogen) atoms. The van der Waals surface area contributed by atoms with E-state index in [0.717, 1.165) is 30.1 Å². The van der Waals surface area contributed by atoms with Crippen LogP contribution in [0.1, 0.15) is 18.3 Å². The van der Waals surface area contributed by atoms with Gasteiger partial charge in [-0.3, -0.25) is 0 Å². The maximum atomic E-state index is 6.38. The van der Waals surface area contributed by atoms with Crippen LogP contribution in [0, 0.1) is 6.92 Å². The molecule has 5 nitrogen and oxygen atoms in total. The molecule has 0 N–H and O–H groups in total. The van der Waals surface area contributed by atoms with Crippen LogP contribution in [0.5, 0.6) is 0 Å². The van der Waals surface area contributed by atoms with Crippen molar-refractivity contribution in [1.29, 1.82) is 0 Å². The van der Waals surface area contributed by atoms with Gasteiger partial charge in [-0.25, -0.2) is 15.0 Å². The molecule has 3 heterocycles. The molecular formula is C16H14Cl2N4O. The molecular weight excluding hydrogens is 335 g/mol. The quantitative estimate of drug-likeness (QED) is 0.655. The predicted molar refractivity (Wildman–Crippen MR) is 90.0 cm³/mol. The molecule has 0 spiro atoms. The van der Waals surface area contributed by atoms with Gasteiger partial charge in [-0.1, -0.05) is 35.3 Å². The van der Waals surface area contributed by atoms with Crippen molar-refractivity contribution in [3.05, 3.63) is 40.3 Å². The van der Waals surface area contributed by atoms with Crippen molar-refractivity contribution in [2.75, 3.05) is 13.2 Å². The third-order valence-electron chi connectivity index (χ3n) is 3.99. The minimum atomic E-state index is 0.164. The van der Waals surface area contributed by atoms with Gasteiger partial charge in [0.2, 0.25) is 0 Å². The van der Waals surface area contributed by atoms with E-state index in [1.165, 1.54) is 0 Å². The van der Waals surface area contributed by atoms with E-state index in [2.05, 4.69) is 14.5 Å². The maximum absolute atomic E-state index is 6.38. The number of aromatic nitrogens is 4. The highest BCUT2D eigenvalue weighted by atomic mass is 35.5. The van der Waals surface area contributed by atoms with E-state index in [-0.39, 0.29) is 6.04 Å². The van der Waals surface area contributed by atoms with Crippen LogP contribution in [0.3, 0.4) is 0 Å². The van der Waals surface area contributed by atoms with Crippen molar-refractivity contribution in [3.63, 3.8) is 0 Å². The Morgan fingerprint density at radius 2 is 2.00 bits per heavy atom. The van der Waals surface area contributed by atoms with E-state index in [1.54, 1.807) is 0 Å². The summed E-state index contributed by atoms with van der Waals surface area (Å²) in [6.07, 6.45) is 0.906. The van der Waals surface area contributed by atoms with E-state index >= 15 is 0 Å². The van der Waals surface area contributed by atoms with Crippen molar-refractivity contribution >= 4 is 34.4 Å². The summed E-state index contributed by atoms with van der Waals surface area (Å²) >= 11 is 12.7. The van der Waals surface area contributed by atoms with Gasteiger partial charge in [0, 0.05) is 12.2 Å². The van der Waals surface area contributed by atoms with Crippen LogP contribution in [-0.2, 0) is 4.74 Å². The Hall–Kier alpha value is -1.69. The molecule has 3 aromatic rings. The fourth-order valence-electron chi connectivity index (χ4n) is 2.95. The van der Waals surface area contributed by atoms with Gasteiger partial charge in [-0.05, 0) is 25.5 Å². The monoisotopic (exact) mass is 348 g/mol. The largest absolute Gasteiger partial charge is 0.379 e. The van der Waals surface area contributed by atoms with E-state index < -0.39 is 0 Å². The Balaban J connectivity index is 2.05. The van der Waals surface area contributed by atoms with Crippen LogP contribution < -0.4 is 0 Å². The molecule has 1 fully saturated rings. The molecule has 7 heteroatoms. The van der Waals surface area contributed by atoms with Gasteiger partial charge in [-0.2, -0.15) is 0 Å². The molecule has 0 amide bonds. The van der Waals surface area contributed by atoms with Crippen molar-refractivity contribution in [3.8, 4) is 11.4 Å². The van der Waals surface area contributed by atoms with Crippen LogP contribution in [0.15, 0.2) is 24.3 Å². The molecule has 1 aromatic carbocycles. The second-order valence-electron chi connectivity index (χ2n) is 5.54. The number of fused-ring (bicyclic) bond motifs is 1. The summed E-state index contributed by atoms with van der Waals surface area (Å²) in [5.41, 5.74) is 2.18. The average Bonchev–Trinajstić information content (AvgIpc) is 3.14. The van der Waals surface area contributed by atoms with Crippen molar-refractivity contribution in [2.24, 2.45) is 0 Å².